The van der Waals surface area contributed by atoms with Crippen molar-refractivity contribution in [2.45, 2.75) is 32.2 Å². The number of rotatable bonds is 3. The van der Waals surface area contributed by atoms with E-state index in [-0.39, 0.29) is 0 Å². The van der Waals surface area contributed by atoms with Gasteiger partial charge in [-0.1, -0.05) is 12.2 Å². The molecule has 0 spiro atoms. The molecule has 0 amide bonds. The zero-order chi connectivity index (χ0) is 14.1. The van der Waals surface area contributed by atoms with Gasteiger partial charge in [0.15, 0.2) is 0 Å². The van der Waals surface area contributed by atoms with Gasteiger partial charge in [0.05, 0.1) is 5.56 Å². The van der Waals surface area contributed by atoms with Gasteiger partial charge in [-0.2, -0.15) is 0 Å². The van der Waals surface area contributed by atoms with E-state index in [2.05, 4.69) is 14.8 Å². The molecule has 1 atom stereocenters. The van der Waals surface area contributed by atoms with Crippen molar-refractivity contribution >= 4 is 23.0 Å². The molecule has 0 aromatic carbocycles. The molecule has 5 heteroatoms. The molecule has 0 bridgehead atoms. The Balaban J connectivity index is 1.80. The molecule has 0 radical (unpaired) electrons. The van der Waals surface area contributed by atoms with Gasteiger partial charge < -0.3 is 10.6 Å². The third-order valence-corrected chi connectivity index (χ3v) is 4.71. The second-order valence-electron chi connectivity index (χ2n) is 5.82. The number of hydrogen-bond acceptors (Lipinski definition) is 4. The van der Waals surface area contributed by atoms with Crippen molar-refractivity contribution in [1.29, 1.82) is 0 Å². The highest BCUT2D eigenvalue weighted by Gasteiger charge is 2.31. The van der Waals surface area contributed by atoms with Gasteiger partial charge in [0.25, 0.3) is 0 Å². The normalized spacial score (nSPS) is 23.4. The van der Waals surface area contributed by atoms with Gasteiger partial charge in [0.2, 0.25) is 0 Å². The molecule has 3 heterocycles. The smallest absolute Gasteiger partial charge is 0.139 e. The Kier molecular flexibility index (Phi) is 3.89. The number of nitrogens with zero attached hydrogens (tertiary/aromatic N) is 3. The van der Waals surface area contributed by atoms with E-state index in [1.165, 1.54) is 32.4 Å². The minimum Gasteiger partial charge on any atom is -0.389 e. The molecule has 1 aromatic rings. The number of nitrogens with two attached hydrogens (primary N) is 1. The van der Waals surface area contributed by atoms with E-state index in [0.717, 1.165) is 30.0 Å². The SMILES string of the molecule is Cc1ccnc(N2CCC(N3CCCC3)C2)c1C(N)=S. The molecule has 20 heavy (non-hydrogen) atoms. The summed E-state index contributed by atoms with van der Waals surface area (Å²) in [5.74, 6) is 0.971. The Labute approximate surface area is 126 Å². The van der Waals surface area contributed by atoms with Crippen LogP contribution in [0, 0.1) is 6.92 Å². The first-order valence-corrected chi connectivity index (χ1v) is 7.82. The molecule has 2 aliphatic heterocycles. The highest BCUT2D eigenvalue weighted by Crippen LogP contribution is 2.27. The molecule has 1 aromatic heterocycles. The second-order valence-corrected chi connectivity index (χ2v) is 6.26. The first-order chi connectivity index (χ1) is 9.66. The fourth-order valence-corrected chi connectivity index (χ4v) is 3.68. The number of likely N-dealkylation sites (tertiary alicyclic amines) is 1. The molecular formula is C15H22N4S. The van der Waals surface area contributed by atoms with Crippen LogP contribution in [0.2, 0.25) is 0 Å². The molecule has 0 aliphatic carbocycles. The predicted octanol–water partition coefficient (Wildman–Crippen LogP) is 1.70. The highest BCUT2D eigenvalue weighted by molar-refractivity contribution is 7.80. The third-order valence-electron chi connectivity index (χ3n) is 4.51. The van der Waals surface area contributed by atoms with Gasteiger partial charge in [-0.05, 0) is 50.9 Å². The van der Waals surface area contributed by atoms with E-state index < -0.39 is 0 Å². The average Bonchev–Trinajstić information content (AvgIpc) is 3.09. The van der Waals surface area contributed by atoms with Gasteiger partial charge in [0.1, 0.15) is 10.8 Å². The summed E-state index contributed by atoms with van der Waals surface area (Å²) >= 11 is 5.21. The lowest BCUT2D eigenvalue weighted by molar-refractivity contribution is 0.260. The third kappa shape index (κ3) is 2.52. The zero-order valence-electron chi connectivity index (χ0n) is 12.0. The van der Waals surface area contributed by atoms with Crippen LogP contribution in [0.1, 0.15) is 30.4 Å². The van der Waals surface area contributed by atoms with Crippen molar-refractivity contribution in [3.05, 3.63) is 23.4 Å². The summed E-state index contributed by atoms with van der Waals surface area (Å²) in [6.07, 6.45) is 5.76. The number of anilines is 1. The van der Waals surface area contributed by atoms with Crippen LogP contribution in [-0.4, -0.2) is 47.1 Å². The van der Waals surface area contributed by atoms with Crippen molar-refractivity contribution in [3.63, 3.8) is 0 Å². The topological polar surface area (TPSA) is 45.4 Å². The molecular weight excluding hydrogens is 268 g/mol. The summed E-state index contributed by atoms with van der Waals surface area (Å²) in [7, 11) is 0. The van der Waals surface area contributed by atoms with E-state index >= 15 is 0 Å². The molecule has 2 fully saturated rings. The van der Waals surface area contributed by atoms with Crippen molar-refractivity contribution in [3.8, 4) is 0 Å². The fraction of sp³-hybridized carbons (Fsp3) is 0.600. The maximum absolute atomic E-state index is 5.89. The van der Waals surface area contributed by atoms with Crippen molar-refractivity contribution in [1.82, 2.24) is 9.88 Å². The van der Waals surface area contributed by atoms with E-state index in [0.29, 0.717) is 11.0 Å². The zero-order valence-corrected chi connectivity index (χ0v) is 12.8. The van der Waals surface area contributed by atoms with Gasteiger partial charge in [-0.3, -0.25) is 4.90 Å². The van der Waals surface area contributed by atoms with Crippen LogP contribution in [0.25, 0.3) is 0 Å². The van der Waals surface area contributed by atoms with Gasteiger partial charge >= 0.3 is 0 Å². The van der Waals surface area contributed by atoms with Crippen LogP contribution < -0.4 is 10.6 Å². The Morgan fingerprint density at radius 3 is 2.80 bits per heavy atom. The Hall–Kier alpha value is -1.20. The second kappa shape index (κ2) is 5.66. The maximum Gasteiger partial charge on any atom is 0.139 e. The largest absolute Gasteiger partial charge is 0.389 e. The molecule has 3 rings (SSSR count). The lowest BCUT2D eigenvalue weighted by atomic mass is 10.1. The lowest BCUT2D eigenvalue weighted by Gasteiger charge is -2.25. The quantitative estimate of drug-likeness (QED) is 0.859. The van der Waals surface area contributed by atoms with E-state index in [1.807, 2.05) is 19.2 Å². The first-order valence-electron chi connectivity index (χ1n) is 7.41. The van der Waals surface area contributed by atoms with Crippen LogP contribution in [0.4, 0.5) is 5.82 Å². The van der Waals surface area contributed by atoms with E-state index in [4.69, 9.17) is 18.0 Å². The fourth-order valence-electron chi connectivity index (χ4n) is 3.43. The Morgan fingerprint density at radius 1 is 1.35 bits per heavy atom. The summed E-state index contributed by atoms with van der Waals surface area (Å²) < 4.78 is 0. The minimum absolute atomic E-state index is 0.454. The summed E-state index contributed by atoms with van der Waals surface area (Å²) in [6.45, 7) is 6.65. The Morgan fingerprint density at radius 2 is 2.10 bits per heavy atom. The number of aryl methyl sites for hydroxylation is 1. The van der Waals surface area contributed by atoms with Gasteiger partial charge in [0, 0.05) is 25.3 Å². The molecule has 4 nitrogen and oxygen atoms in total. The standard InChI is InChI=1S/C15H22N4S/c1-11-4-6-17-15(13(11)14(16)20)19-9-5-12(10-19)18-7-2-3-8-18/h4,6,12H,2-3,5,7-10H2,1H3,(H2,16,20). The maximum atomic E-state index is 5.89. The van der Waals surface area contributed by atoms with Crippen LogP contribution in [0.5, 0.6) is 0 Å². The monoisotopic (exact) mass is 290 g/mol. The molecule has 2 N–H and O–H groups in total. The number of thiocarbonyl (C=S) groups is 1. The molecule has 2 aliphatic rings. The molecule has 0 saturated carbocycles. The summed E-state index contributed by atoms with van der Waals surface area (Å²) in [5.41, 5.74) is 7.96. The van der Waals surface area contributed by atoms with Crippen molar-refractivity contribution in [2.75, 3.05) is 31.1 Å². The average molecular weight is 290 g/mol. The molecule has 1 unspecified atom stereocenters. The summed E-state index contributed by atoms with van der Waals surface area (Å²) in [6, 6.07) is 2.64. The first kappa shape index (κ1) is 13.8. The Bertz CT molecular complexity index is 511. The van der Waals surface area contributed by atoms with Crippen LogP contribution >= 0.6 is 12.2 Å². The summed E-state index contributed by atoms with van der Waals surface area (Å²) in [4.78, 5) is 9.97. The van der Waals surface area contributed by atoms with Crippen LogP contribution in [-0.2, 0) is 0 Å². The lowest BCUT2D eigenvalue weighted by Crippen LogP contribution is -2.36. The van der Waals surface area contributed by atoms with Gasteiger partial charge in [-0.15, -0.1) is 0 Å². The van der Waals surface area contributed by atoms with Crippen LogP contribution in [0.15, 0.2) is 12.3 Å². The number of aromatic nitrogens is 1. The predicted molar refractivity (Wildman–Crippen MR) is 86.3 cm³/mol. The van der Waals surface area contributed by atoms with E-state index in [1.54, 1.807) is 0 Å². The van der Waals surface area contributed by atoms with Crippen molar-refractivity contribution in [2.24, 2.45) is 5.73 Å². The van der Waals surface area contributed by atoms with Crippen LogP contribution in [0.3, 0.4) is 0 Å². The minimum atomic E-state index is 0.454. The van der Waals surface area contributed by atoms with Crippen molar-refractivity contribution < 1.29 is 0 Å². The van der Waals surface area contributed by atoms with E-state index in [9.17, 15) is 0 Å². The summed E-state index contributed by atoms with van der Waals surface area (Å²) in [5, 5.41) is 0. The molecule has 2 saturated heterocycles. The van der Waals surface area contributed by atoms with Gasteiger partial charge in [-0.25, -0.2) is 4.98 Å². The highest BCUT2D eigenvalue weighted by atomic mass is 32.1. The molecule has 108 valence electrons. The number of hydrogen-bond donors (Lipinski definition) is 1. The number of pyridine rings is 1.